The lowest BCUT2D eigenvalue weighted by atomic mass is 10.1. The standard InChI is InChI=1S/C16H14F2N2O/c1-10(20)15-5-4-14(7-16(15)18)21-9-12-6-13(17)3-2-11(12)8-19/h2-7,10H,9,20H2,1H3/t10-/m1/s1. The largest absolute Gasteiger partial charge is 0.489 e. The Labute approximate surface area is 121 Å². The van der Waals surface area contributed by atoms with Gasteiger partial charge in [0.1, 0.15) is 24.0 Å². The van der Waals surface area contributed by atoms with E-state index in [4.69, 9.17) is 15.7 Å². The highest BCUT2D eigenvalue weighted by Gasteiger charge is 2.09. The zero-order chi connectivity index (χ0) is 15.4. The third-order valence-electron chi connectivity index (χ3n) is 3.04. The van der Waals surface area contributed by atoms with Crippen molar-refractivity contribution in [1.82, 2.24) is 0 Å². The maximum absolute atomic E-state index is 13.8. The Morgan fingerprint density at radius 2 is 2.00 bits per heavy atom. The van der Waals surface area contributed by atoms with Crippen molar-refractivity contribution in [2.45, 2.75) is 19.6 Å². The third kappa shape index (κ3) is 3.56. The molecule has 0 bridgehead atoms. The van der Waals surface area contributed by atoms with Gasteiger partial charge in [0.25, 0.3) is 0 Å². The van der Waals surface area contributed by atoms with E-state index in [-0.39, 0.29) is 6.61 Å². The molecule has 2 N–H and O–H groups in total. The van der Waals surface area contributed by atoms with E-state index < -0.39 is 17.7 Å². The van der Waals surface area contributed by atoms with Gasteiger partial charge < -0.3 is 10.5 Å². The molecule has 0 aliphatic carbocycles. The third-order valence-corrected chi connectivity index (χ3v) is 3.04. The molecule has 0 radical (unpaired) electrons. The van der Waals surface area contributed by atoms with Crippen molar-refractivity contribution in [3.8, 4) is 11.8 Å². The zero-order valence-electron chi connectivity index (χ0n) is 11.4. The van der Waals surface area contributed by atoms with Gasteiger partial charge in [-0.2, -0.15) is 5.26 Å². The van der Waals surface area contributed by atoms with Crippen LogP contribution in [-0.2, 0) is 6.61 Å². The van der Waals surface area contributed by atoms with E-state index in [0.717, 1.165) is 0 Å². The number of nitriles is 1. The van der Waals surface area contributed by atoms with Crippen LogP contribution in [0.15, 0.2) is 36.4 Å². The summed E-state index contributed by atoms with van der Waals surface area (Å²) < 4.78 is 32.3. The lowest BCUT2D eigenvalue weighted by Crippen LogP contribution is -2.07. The SMILES string of the molecule is C[C@@H](N)c1ccc(OCc2cc(F)ccc2C#N)cc1F. The summed E-state index contributed by atoms with van der Waals surface area (Å²) in [6.45, 7) is 1.67. The van der Waals surface area contributed by atoms with E-state index in [1.807, 2.05) is 6.07 Å². The molecule has 0 unspecified atom stereocenters. The molecule has 0 saturated carbocycles. The van der Waals surface area contributed by atoms with Crippen LogP contribution in [0.3, 0.4) is 0 Å². The summed E-state index contributed by atoms with van der Waals surface area (Å²) in [6, 6.07) is 9.73. The normalized spacial score (nSPS) is 11.8. The minimum Gasteiger partial charge on any atom is -0.489 e. The van der Waals surface area contributed by atoms with Crippen molar-refractivity contribution < 1.29 is 13.5 Å². The van der Waals surface area contributed by atoms with Crippen LogP contribution in [0.5, 0.6) is 5.75 Å². The molecular weight excluding hydrogens is 274 g/mol. The van der Waals surface area contributed by atoms with E-state index in [1.54, 1.807) is 19.1 Å². The molecule has 5 heteroatoms. The molecule has 2 aromatic carbocycles. The van der Waals surface area contributed by atoms with Gasteiger partial charge >= 0.3 is 0 Å². The Kier molecular flexibility index (Phi) is 4.51. The topological polar surface area (TPSA) is 59.0 Å². The number of halogens is 2. The van der Waals surface area contributed by atoms with Gasteiger partial charge in [-0.15, -0.1) is 0 Å². The predicted molar refractivity (Wildman–Crippen MR) is 74.4 cm³/mol. The summed E-state index contributed by atoms with van der Waals surface area (Å²) in [4.78, 5) is 0. The van der Waals surface area contributed by atoms with Crippen molar-refractivity contribution in [2.75, 3.05) is 0 Å². The molecule has 21 heavy (non-hydrogen) atoms. The summed E-state index contributed by atoms with van der Waals surface area (Å²) >= 11 is 0. The maximum Gasteiger partial charge on any atom is 0.131 e. The minimum absolute atomic E-state index is 0.0163. The van der Waals surface area contributed by atoms with Crippen LogP contribution in [-0.4, -0.2) is 0 Å². The van der Waals surface area contributed by atoms with Gasteiger partial charge in [-0.25, -0.2) is 8.78 Å². The van der Waals surface area contributed by atoms with Crippen LogP contribution in [0, 0.1) is 23.0 Å². The van der Waals surface area contributed by atoms with Gasteiger partial charge in [-0.05, 0) is 31.2 Å². The van der Waals surface area contributed by atoms with Crippen LogP contribution in [0.2, 0.25) is 0 Å². The highest BCUT2D eigenvalue weighted by atomic mass is 19.1. The van der Waals surface area contributed by atoms with Crippen LogP contribution >= 0.6 is 0 Å². The van der Waals surface area contributed by atoms with Crippen LogP contribution in [0.1, 0.15) is 29.7 Å². The fraction of sp³-hybridized carbons (Fsp3) is 0.188. The quantitative estimate of drug-likeness (QED) is 0.937. The first-order chi connectivity index (χ1) is 10.0. The molecule has 2 rings (SSSR count). The van der Waals surface area contributed by atoms with Gasteiger partial charge in [-0.3, -0.25) is 0 Å². The van der Waals surface area contributed by atoms with E-state index in [1.165, 1.54) is 24.3 Å². The zero-order valence-corrected chi connectivity index (χ0v) is 11.4. The first kappa shape index (κ1) is 14.9. The number of nitrogens with zero attached hydrogens (tertiary/aromatic N) is 1. The number of hydrogen-bond donors (Lipinski definition) is 1. The molecule has 108 valence electrons. The van der Waals surface area contributed by atoms with Crippen molar-refractivity contribution >= 4 is 0 Å². The fourth-order valence-electron chi connectivity index (χ4n) is 1.92. The molecule has 0 saturated heterocycles. The minimum atomic E-state index is -0.456. The number of hydrogen-bond acceptors (Lipinski definition) is 3. The van der Waals surface area contributed by atoms with E-state index >= 15 is 0 Å². The molecule has 0 aliphatic rings. The Bertz CT molecular complexity index is 693. The number of benzene rings is 2. The number of ether oxygens (including phenoxy) is 1. The van der Waals surface area contributed by atoms with Crippen LogP contribution in [0.4, 0.5) is 8.78 Å². The molecule has 0 aromatic heterocycles. The molecule has 0 spiro atoms. The first-order valence-electron chi connectivity index (χ1n) is 6.37. The maximum atomic E-state index is 13.8. The molecule has 2 aromatic rings. The Hall–Kier alpha value is -2.45. The summed E-state index contributed by atoms with van der Waals surface area (Å²) in [5.74, 6) is -0.613. The van der Waals surface area contributed by atoms with Gasteiger partial charge in [0.2, 0.25) is 0 Å². The second-order valence-electron chi connectivity index (χ2n) is 4.67. The van der Waals surface area contributed by atoms with Gasteiger partial charge in [0, 0.05) is 23.2 Å². The summed E-state index contributed by atoms with van der Waals surface area (Å²) in [5.41, 5.74) is 6.75. The number of rotatable bonds is 4. The monoisotopic (exact) mass is 288 g/mol. The fourth-order valence-corrected chi connectivity index (χ4v) is 1.92. The molecule has 0 amide bonds. The first-order valence-corrected chi connectivity index (χ1v) is 6.37. The van der Waals surface area contributed by atoms with Gasteiger partial charge in [0.05, 0.1) is 11.6 Å². The lowest BCUT2D eigenvalue weighted by Gasteiger charge is -2.11. The van der Waals surface area contributed by atoms with Crippen LogP contribution < -0.4 is 10.5 Å². The highest BCUT2D eigenvalue weighted by Crippen LogP contribution is 2.22. The van der Waals surface area contributed by atoms with E-state index in [0.29, 0.717) is 22.4 Å². The van der Waals surface area contributed by atoms with Crippen molar-refractivity contribution in [1.29, 1.82) is 5.26 Å². The van der Waals surface area contributed by atoms with E-state index in [2.05, 4.69) is 0 Å². The molecule has 3 nitrogen and oxygen atoms in total. The van der Waals surface area contributed by atoms with Crippen molar-refractivity contribution in [2.24, 2.45) is 5.73 Å². The molecule has 1 atom stereocenters. The van der Waals surface area contributed by atoms with E-state index in [9.17, 15) is 8.78 Å². The highest BCUT2D eigenvalue weighted by molar-refractivity contribution is 5.38. The summed E-state index contributed by atoms with van der Waals surface area (Å²) in [7, 11) is 0. The van der Waals surface area contributed by atoms with Crippen LogP contribution in [0.25, 0.3) is 0 Å². The smallest absolute Gasteiger partial charge is 0.131 e. The molecule has 0 fully saturated rings. The second-order valence-corrected chi connectivity index (χ2v) is 4.67. The second kappa shape index (κ2) is 6.33. The van der Waals surface area contributed by atoms with Gasteiger partial charge in [0.15, 0.2) is 0 Å². The molecule has 0 heterocycles. The number of nitrogens with two attached hydrogens (primary N) is 1. The molecule has 0 aliphatic heterocycles. The Morgan fingerprint density at radius 1 is 1.24 bits per heavy atom. The van der Waals surface area contributed by atoms with Gasteiger partial charge in [-0.1, -0.05) is 6.07 Å². The van der Waals surface area contributed by atoms with Crippen molar-refractivity contribution in [3.63, 3.8) is 0 Å². The lowest BCUT2D eigenvalue weighted by molar-refractivity contribution is 0.303. The summed E-state index contributed by atoms with van der Waals surface area (Å²) in [6.07, 6.45) is 0. The Morgan fingerprint density at radius 3 is 2.62 bits per heavy atom. The average Bonchev–Trinajstić information content (AvgIpc) is 2.45. The summed E-state index contributed by atoms with van der Waals surface area (Å²) in [5, 5.41) is 8.95. The Balaban J connectivity index is 2.16. The predicted octanol–water partition coefficient (Wildman–Crippen LogP) is 3.44. The van der Waals surface area contributed by atoms with Crippen molar-refractivity contribution in [3.05, 3.63) is 64.7 Å². The molecular formula is C16H14F2N2O. The average molecular weight is 288 g/mol.